The number of rotatable bonds is 8. The zero-order valence-corrected chi connectivity index (χ0v) is 10.8. The molecule has 1 atom stereocenters. The lowest BCUT2D eigenvalue weighted by Crippen LogP contribution is -2.33. The second-order valence-corrected chi connectivity index (χ2v) is 4.77. The largest absolute Gasteiger partial charge is 0.304 e. The number of hydrazine groups is 1. The van der Waals surface area contributed by atoms with Crippen molar-refractivity contribution in [1.29, 1.82) is 0 Å². The van der Waals surface area contributed by atoms with Crippen LogP contribution in [-0.2, 0) is 4.79 Å². The summed E-state index contributed by atoms with van der Waals surface area (Å²) in [5, 5.41) is 0. The molecule has 0 spiro atoms. The molecule has 0 aromatic heterocycles. The van der Waals surface area contributed by atoms with Gasteiger partial charge in [0.2, 0.25) is 5.91 Å². The Balaban J connectivity index is 3.54. The molecular formula is C10H23N3OS. The molecule has 0 bridgehead atoms. The highest BCUT2D eigenvalue weighted by Gasteiger charge is 2.08. The van der Waals surface area contributed by atoms with E-state index in [1.165, 1.54) is 12.2 Å². The average Bonchev–Trinajstić information content (AvgIpc) is 2.25. The van der Waals surface area contributed by atoms with Gasteiger partial charge in [-0.05, 0) is 45.4 Å². The van der Waals surface area contributed by atoms with Gasteiger partial charge in [-0.2, -0.15) is 11.8 Å². The molecule has 1 unspecified atom stereocenters. The van der Waals surface area contributed by atoms with E-state index in [0.717, 1.165) is 13.0 Å². The number of carbonyl (C=O) groups excluding carboxylic acids is 1. The summed E-state index contributed by atoms with van der Waals surface area (Å²) in [6.45, 7) is 3.17. The monoisotopic (exact) mass is 233 g/mol. The minimum absolute atomic E-state index is 0.0832. The molecule has 1 amide bonds. The van der Waals surface area contributed by atoms with Crippen molar-refractivity contribution in [2.75, 3.05) is 25.6 Å². The third kappa shape index (κ3) is 7.64. The van der Waals surface area contributed by atoms with E-state index in [-0.39, 0.29) is 5.91 Å². The van der Waals surface area contributed by atoms with Crippen LogP contribution < -0.4 is 11.3 Å². The van der Waals surface area contributed by atoms with Crippen LogP contribution in [0.25, 0.3) is 0 Å². The Hall–Kier alpha value is -0.260. The normalized spacial score (nSPS) is 12.9. The molecule has 0 aliphatic rings. The Kier molecular flexibility index (Phi) is 8.85. The molecule has 3 N–H and O–H groups in total. The summed E-state index contributed by atoms with van der Waals surface area (Å²) in [5.74, 6) is 6.10. The van der Waals surface area contributed by atoms with E-state index in [1.54, 1.807) is 0 Å². The summed E-state index contributed by atoms with van der Waals surface area (Å²) in [5.41, 5.74) is 2.14. The van der Waals surface area contributed by atoms with Gasteiger partial charge in [0.05, 0.1) is 0 Å². The van der Waals surface area contributed by atoms with E-state index in [9.17, 15) is 4.79 Å². The van der Waals surface area contributed by atoms with Gasteiger partial charge in [0.25, 0.3) is 0 Å². The van der Waals surface area contributed by atoms with Crippen molar-refractivity contribution in [2.24, 2.45) is 5.84 Å². The van der Waals surface area contributed by atoms with Crippen molar-refractivity contribution >= 4 is 17.7 Å². The van der Waals surface area contributed by atoms with Crippen molar-refractivity contribution in [3.05, 3.63) is 0 Å². The highest BCUT2D eigenvalue weighted by atomic mass is 32.2. The van der Waals surface area contributed by atoms with Gasteiger partial charge in [-0.15, -0.1) is 0 Å². The molecule has 0 saturated carbocycles. The van der Waals surface area contributed by atoms with Crippen molar-refractivity contribution in [1.82, 2.24) is 10.3 Å². The summed E-state index contributed by atoms with van der Waals surface area (Å²) in [6, 6.07) is 0.582. The van der Waals surface area contributed by atoms with Crippen LogP contribution in [0, 0.1) is 0 Å². The van der Waals surface area contributed by atoms with Crippen LogP contribution >= 0.6 is 11.8 Å². The average molecular weight is 233 g/mol. The molecule has 5 heteroatoms. The minimum Gasteiger partial charge on any atom is -0.304 e. The Bertz CT molecular complexity index is 178. The predicted octanol–water partition coefficient (Wildman–Crippen LogP) is 0.830. The molecule has 0 rings (SSSR count). The van der Waals surface area contributed by atoms with Crippen LogP contribution in [0.2, 0.25) is 0 Å². The fraction of sp³-hybridized carbons (Fsp3) is 0.900. The maximum absolute atomic E-state index is 10.9. The molecule has 0 fully saturated rings. The maximum atomic E-state index is 10.9. The quantitative estimate of drug-likeness (QED) is 0.370. The zero-order valence-electron chi connectivity index (χ0n) is 9.95. The number of carbonyl (C=O) groups is 1. The smallest absolute Gasteiger partial charge is 0.233 e. The lowest BCUT2D eigenvalue weighted by molar-refractivity contribution is -0.121. The third-order valence-electron chi connectivity index (χ3n) is 2.57. The Labute approximate surface area is 96.9 Å². The molecule has 0 radical (unpaired) electrons. The fourth-order valence-electron chi connectivity index (χ4n) is 1.29. The van der Waals surface area contributed by atoms with Gasteiger partial charge in [0.15, 0.2) is 0 Å². The highest BCUT2D eigenvalue weighted by molar-refractivity contribution is 7.98. The van der Waals surface area contributed by atoms with Crippen molar-refractivity contribution < 1.29 is 4.79 Å². The Morgan fingerprint density at radius 1 is 1.60 bits per heavy atom. The molecule has 0 heterocycles. The number of nitrogens with two attached hydrogens (primary N) is 1. The van der Waals surface area contributed by atoms with Gasteiger partial charge in [-0.3, -0.25) is 10.2 Å². The first-order valence-electron chi connectivity index (χ1n) is 5.30. The fourth-order valence-corrected chi connectivity index (χ4v) is 1.87. The number of nitrogens with one attached hydrogen (secondary N) is 1. The molecule has 15 heavy (non-hydrogen) atoms. The number of nitrogens with zero attached hydrogens (tertiary/aromatic N) is 1. The second-order valence-electron chi connectivity index (χ2n) is 3.78. The Morgan fingerprint density at radius 3 is 2.80 bits per heavy atom. The van der Waals surface area contributed by atoms with E-state index >= 15 is 0 Å². The third-order valence-corrected chi connectivity index (χ3v) is 3.21. The number of thioether (sulfide) groups is 1. The summed E-state index contributed by atoms with van der Waals surface area (Å²) in [6.07, 6.45) is 4.69. The Morgan fingerprint density at radius 2 is 2.27 bits per heavy atom. The van der Waals surface area contributed by atoms with E-state index in [2.05, 4.69) is 30.6 Å². The van der Waals surface area contributed by atoms with E-state index in [4.69, 9.17) is 5.84 Å². The summed E-state index contributed by atoms with van der Waals surface area (Å²) < 4.78 is 0. The number of hydrogen-bond acceptors (Lipinski definition) is 4. The van der Waals surface area contributed by atoms with Crippen LogP contribution in [0.5, 0.6) is 0 Å². The maximum Gasteiger partial charge on any atom is 0.233 e. The first-order chi connectivity index (χ1) is 7.11. The molecule has 0 aliphatic carbocycles. The van der Waals surface area contributed by atoms with E-state index < -0.39 is 0 Å². The zero-order chi connectivity index (χ0) is 11.7. The molecular weight excluding hydrogens is 210 g/mol. The minimum atomic E-state index is -0.0832. The van der Waals surface area contributed by atoms with Crippen LogP contribution in [0.1, 0.15) is 26.2 Å². The van der Waals surface area contributed by atoms with Crippen molar-refractivity contribution in [3.63, 3.8) is 0 Å². The predicted molar refractivity (Wildman–Crippen MR) is 66.7 cm³/mol. The lowest BCUT2D eigenvalue weighted by atomic mass is 10.2. The highest BCUT2D eigenvalue weighted by Crippen LogP contribution is 2.06. The van der Waals surface area contributed by atoms with Gasteiger partial charge in [-0.25, -0.2) is 5.84 Å². The lowest BCUT2D eigenvalue weighted by Gasteiger charge is -2.24. The van der Waals surface area contributed by atoms with Gasteiger partial charge < -0.3 is 4.90 Å². The molecule has 4 nitrogen and oxygen atoms in total. The SMILES string of the molecule is CSCCC(C)N(C)CCCC(=O)NN. The molecule has 0 saturated heterocycles. The first kappa shape index (κ1) is 14.7. The van der Waals surface area contributed by atoms with Crippen molar-refractivity contribution in [3.8, 4) is 0 Å². The van der Waals surface area contributed by atoms with Gasteiger partial charge >= 0.3 is 0 Å². The molecule has 0 aromatic carbocycles. The van der Waals surface area contributed by atoms with E-state index in [0.29, 0.717) is 12.5 Å². The first-order valence-corrected chi connectivity index (χ1v) is 6.69. The molecule has 0 aromatic rings. The van der Waals surface area contributed by atoms with Crippen LogP contribution in [-0.4, -0.2) is 42.4 Å². The van der Waals surface area contributed by atoms with Gasteiger partial charge in [0.1, 0.15) is 0 Å². The standard InChI is InChI=1S/C10H23N3OS/c1-9(6-8-15-3)13(2)7-4-5-10(14)12-11/h9H,4-8,11H2,1-3H3,(H,12,14). The van der Waals surface area contributed by atoms with E-state index in [1.807, 2.05) is 11.8 Å². The summed E-state index contributed by atoms with van der Waals surface area (Å²) in [4.78, 5) is 13.2. The topological polar surface area (TPSA) is 58.4 Å². The van der Waals surface area contributed by atoms with Crippen LogP contribution in [0.3, 0.4) is 0 Å². The van der Waals surface area contributed by atoms with Crippen LogP contribution in [0.4, 0.5) is 0 Å². The molecule has 0 aliphatic heterocycles. The summed E-state index contributed by atoms with van der Waals surface area (Å²) >= 11 is 1.87. The van der Waals surface area contributed by atoms with Crippen LogP contribution in [0.15, 0.2) is 0 Å². The van der Waals surface area contributed by atoms with Gasteiger partial charge in [-0.1, -0.05) is 0 Å². The van der Waals surface area contributed by atoms with Gasteiger partial charge in [0, 0.05) is 12.5 Å². The second kappa shape index (κ2) is 9.00. The molecule has 90 valence electrons. The number of amides is 1. The number of hydrogen-bond donors (Lipinski definition) is 2. The van der Waals surface area contributed by atoms with Crippen molar-refractivity contribution in [2.45, 2.75) is 32.2 Å². The summed E-state index contributed by atoms with van der Waals surface area (Å²) in [7, 11) is 2.10.